The second kappa shape index (κ2) is 2.88. The fraction of sp³-hybridized carbons (Fsp3) is 0.700. The highest BCUT2D eigenvalue weighted by atomic mass is 28.3. The summed E-state index contributed by atoms with van der Waals surface area (Å²) in [6, 6.07) is 0. The van der Waals surface area contributed by atoms with E-state index in [4.69, 9.17) is 5.11 Å². The van der Waals surface area contributed by atoms with Crippen molar-refractivity contribution in [1.29, 1.82) is 0 Å². The van der Waals surface area contributed by atoms with Crippen molar-refractivity contribution in [1.82, 2.24) is 0 Å². The van der Waals surface area contributed by atoms with Gasteiger partial charge in [0, 0.05) is 5.92 Å². The first-order valence-electron chi connectivity index (χ1n) is 4.52. The normalized spacial score (nSPS) is 31.8. The molecule has 0 spiro atoms. The van der Waals surface area contributed by atoms with E-state index in [1.165, 1.54) is 0 Å². The lowest BCUT2D eigenvalue weighted by molar-refractivity contribution is -0.142. The molecular formula is C10H16O2Si. The van der Waals surface area contributed by atoms with Crippen molar-refractivity contribution in [2.75, 3.05) is 0 Å². The number of hydrogen-bond donors (Lipinski definition) is 1. The van der Waals surface area contributed by atoms with Crippen LogP contribution in [0.3, 0.4) is 0 Å². The highest BCUT2D eigenvalue weighted by Crippen LogP contribution is 2.51. The van der Waals surface area contributed by atoms with E-state index in [0.29, 0.717) is 0 Å². The molecule has 13 heavy (non-hydrogen) atoms. The quantitative estimate of drug-likeness (QED) is 0.514. The van der Waals surface area contributed by atoms with Crippen LogP contribution >= 0.6 is 0 Å². The highest BCUT2D eigenvalue weighted by molar-refractivity contribution is 6.83. The van der Waals surface area contributed by atoms with E-state index >= 15 is 0 Å². The van der Waals surface area contributed by atoms with Crippen LogP contribution in [-0.4, -0.2) is 19.1 Å². The molecule has 0 aliphatic heterocycles. The molecule has 72 valence electrons. The van der Waals surface area contributed by atoms with Crippen molar-refractivity contribution < 1.29 is 9.90 Å². The Bertz CT molecular complexity index is 292. The van der Waals surface area contributed by atoms with Gasteiger partial charge in [0.1, 0.15) is 8.07 Å². The fourth-order valence-corrected chi connectivity index (χ4v) is 1.72. The number of hydrogen-bond acceptors (Lipinski definition) is 1. The summed E-state index contributed by atoms with van der Waals surface area (Å²) in [7, 11) is -1.33. The third kappa shape index (κ3) is 2.35. The standard InChI is InChI=1S/C10H16O2Si/c1-10(9(11)12)7-8(10)5-6-13(2,3)4/h8H,7H2,1-4H3,(H,11,12). The minimum Gasteiger partial charge on any atom is -0.481 e. The van der Waals surface area contributed by atoms with Gasteiger partial charge in [0.2, 0.25) is 0 Å². The molecule has 2 atom stereocenters. The molecule has 2 nitrogen and oxygen atoms in total. The number of carboxylic acids is 1. The van der Waals surface area contributed by atoms with Crippen LogP contribution < -0.4 is 0 Å². The lowest BCUT2D eigenvalue weighted by Gasteiger charge is -2.04. The van der Waals surface area contributed by atoms with E-state index in [-0.39, 0.29) is 5.92 Å². The number of carbonyl (C=O) groups is 1. The Balaban J connectivity index is 2.62. The van der Waals surface area contributed by atoms with Crippen molar-refractivity contribution in [2.45, 2.75) is 33.0 Å². The Morgan fingerprint density at radius 2 is 2.08 bits per heavy atom. The zero-order valence-corrected chi connectivity index (χ0v) is 9.64. The minimum atomic E-state index is -1.33. The summed E-state index contributed by atoms with van der Waals surface area (Å²) in [5.41, 5.74) is 2.67. The molecule has 1 aliphatic carbocycles. The summed E-state index contributed by atoms with van der Waals surface area (Å²) in [5, 5.41) is 8.86. The Kier molecular flexibility index (Phi) is 2.29. The van der Waals surface area contributed by atoms with Crippen LogP contribution in [0.25, 0.3) is 0 Å². The lowest BCUT2D eigenvalue weighted by Crippen LogP contribution is -2.17. The summed E-state index contributed by atoms with van der Waals surface area (Å²) in [6.45, 7) is 8.28. The molecule has 0 bridgehead atoms. The maximum absolute atomic E-state index is 10.8. The van der Waals surface area contributed by atoms with Crippen molar-refractivity contribution in [3.63, 3.8) is 0 Å². The minimum absolute atomic E-state index is 0.0942. The Labute approximate surface area is 80.4 Å². The fourth-order valence-electron chi connectivity index (χ4n) is 1.12. The van der Waals surface area contributed by atoms with E-state index in [1.807, 2.05) is 0 Å². The molecule has 0 saturated heterocycles. The molecule has 1 rings (SSSR count). The van der Waals surface area contributed by atoms with Gasteiger partial charge in [-0.25, -0.2) is 0 Å². The van der Waals surface area contributed by atoms with Crippen LogP contribution in [0, 0.1) is 22.8 Å². The average molecular weight is 196 g/mol. The molecule has 1 fully saturated rings. The molecular weight excluding hydrogens is 180 g/mol. The third-order valence-electron chi connectivity index (χ3n) is 2.35. The molecule has 1 aliphatic rings. The Hall–Kier alpha value is -0.753. The molecule has 2 unspecified atom stereocenters. The molecule has 0 aromatic heterocycles. The van der Waals surface area contributed by atoms with Crippen LogP contribution in [-0.2, 0) is 4.79 Å². The van der Waals surface area contributed by atoms with E-state index < -0.39 is 19.5 Å². The van der Waals surface area contributed by atoms with E-state index in [9.17, 15) is 4.79 Å². The summed E-state index contributed by atoms with van der Waals surface area (Å²) >= 11 is 0. The zero-order valence-electron chi connectivity index (χ0n) is 8.64. The van der Waals surface area contributed by atoms with Gasteiger partial charge in [-0.1, -0.05) is 19.6 Å². The van der Waals surface area contributed by atoms with Crippen LogP contribution in [0.2, 0.25) is 19.6 Å². The van der Waals surface area contributed by atoms with E-state index in [1.54, 1.807) is 6.92 Å². The first-order valence-corrected chi connectivity index (χ1v) is 8.02. The summed E-state index contributed by atoms with van der Waals surface area (Å²) in [4.78, 5) is 10.8. The first-order chi connectivity index (χ1) is 5.76. The lowest BCUT2D eigenvalue weighted by atomic mass is 10.1. The van der Waals surface area contributed by atoms with Gasteiger partial charge in [-0.05, 0) is 13.3 Å². The smallest absolute Gasteiger partial charge is 0.310 e. The topological polar surface area (TPSA) is 37.3 Å². The van der Waals surface area contributed by atoms with Gasteiger partial charge in [0.25, 0.3) is 0 Å². The molecule has 0 radical (unpaired) electrons. The number of rotatable bonds is 1. The largest absolute Gasteiger partial charge is 0.481 e. The summed E-state index contributed by atoms with van der Waals surface area (Å²) in [5.74, 6) is 2.49. The van der Waals surface area contributed by atoms with Crippen molar-refractivity contribution >= 4 is 14.0 Å². The van der Waals surface area contributed by atoms with Crippen molar-refractivity contribution in [3.05, 3.63) is 0 Å². The van der Waals surface area contributed by atoms with Gasteiger partial charge < -0.3 is 5.11 Å². The van der Waals surface area contributed by atoms with E-state index in [0.717, 1.165) is 6.42 Å². The summed E-state index contributed by atoms with van der Waals surface area (Å²) in [6.07, 6.45) is 0.722. The van der Waals surface area contributed by atoms with Gasteiger partial charge in [0.05, 0.1) is 5.41 Å². The predicted octanol–water partition coefficient (Wildman–Crippen LogP) is 1.98. The zero-order chi connectivity index (χ0) is 10.3. The molecule has 0 aromatic rings. The van der Waals surface area contributed by atoms with Crippen molar-refractivity contribution in [2.24, 2.45) is 11.3 Å². The molecule has 0 amide bonds. The average Bonchev–Trinajstić information content (AvgIpc) is 2.58. The maximum atomic E-state index is 10.8. The molecule has 3 heteroatoms. The third-order valence-corrected chi connectivity index (χ3v) is 3.24. The maximum Gasteiger partial charge on any atom is 0.310 e. The first kappa shape index (κ1) is 10.3. The SMILES string of the molecule is CC1(C(=O)O)CC1C#C[Si](C)(C)C. The second-order valence-corrected chi connectivity index (χ2v) is 9.75. The Morgan fingerprint density at radius 3 is 2.38 bits per heavy atom. The molecule has 0 heterocycles. The monoisotopic (exact) mass is 196 g/mol. The second-order valence-electron chi connectivity index (χ2n) is 5.00. The van der Waals surface area contributed by atoms with Crippen molar-refractivity contribution in [3.8, 4) is 11.5 Å². The van der Waals surface area contributed by atoms with Crippen LogP contribution in [0.4, 0.5) is 0 Å². The Morgan fingerprint density at radius 1 is 1.54 bits per heavy atom. The van der Waals surface area contributed by atoms with E-state index in [2.05, 4.69) is 31.1 Å². The van der Waals surface area contributed by atoms with Crippen LogP contribution in [0.1, 0.15) is 13.3 Å². The van der Waals surface area contributed by atoms with Gasteiger partial charge in [0.15, 0.2) is 0 Å². The van der Waals surface area contributed by atoms with Gasteiger partial charge >= 0.3 is 5.97 Å². The van der Waals surface area contributed by atoms with Gasteiger partial charge in [-0.15, -0.1) is 11.5 Å². The van der Waals surface area contributed by atoms with Gasteiger partial charge in [-0.3, -0.25) is 4.79 Å². The molecule has 0 aromatic carbocycles. The number of aliphatic carboxylic acids is 1. The number of carboxylic acid groups (broad SMARTS) is 1. The highest BCUT2D eigenvalue weighted by Gasteiger charge is 2.55. The van der Waals surface area contributed by atoms with Gasteiger partial charge in [-0.2, -0.15) is 0 Å². The van der Waals surface area contributed by atoms with Crippen LogP contribution in [0.15, 0.2) is 0 Å². The predicted molar refractivity (Wildman–Crippen MR) is 55.0 cm³/mol. The summed E-state index contributed by atoms with van der Waals surface area (Å²) < 4.78 is 0. The molecule has 1 saturated carbocycles. The van der Waals surface area contributed by atoms with Crippen LogP contribution in [0.5, 0.6) is 0 Å². The molecule has 1 N–H and O–H groups in total.